The highest BCUT2D eigenvalue weighted by molar-refractivity contribution is 7.80. The molecule has 0 saturated heterocycles. The van der Waals surface area contributed by atoms with Crippen LogP contribution in [0.25, 0.3) is 0 Å². The Hall–Kier alpha value is -2.27. The van der Waals surface area contributed by atoms with Gasteiger partial charge in [0.25, 0.3) is 0 Å². The van der Waals surface area contributed by atoms with E-state index in [9.17, 15) is 4.39 Å². The molecule has 0 saturated carbocycles. The topological polar surface area (TPSA) is 27.6 Å². The number of aryl methyl sites for hydroxylation is 1. The number of fused-ring (bicyclic) bond motifs is 3. The number of benzene rings is 2. The van der Waals surface area contributed by atoms with E-state index < -0.39 is 0 Å². The first kappa shape index (κ1) is 16.2. The third-order valence-corrected chi connectivity index (χ3v) is 5.31. The second-order valence-corrected chi connectivity index (χ2v) is 6.85. The van der Waals surface area contributed by atoms with Crippen LogP contribution in [0.1, 0.15) is 36.1 Å². The third kappa shape index (κ3) is 2.82. The number of hydrogen-bond acceptors (Lipinski definition) is 2. The summed E-state index contributed by atoms with van der Waals surface area (Å²) in [5, 5.41) is 10.6. The lowest BCUT2D eigenvalue weighted by Crippen LogP contribution is -2.38. The van der Waals surface area contributed by atoms with E-state index in [1.165, 1.54) is 23.3 Å². The Balaban J connectivity index is 1.78. The zero-order valence-corrected chi connectivity index (χ0v) is 14.9. The van der Waals surface area contributed by atoms with E-state index in [0.717, 1.165) is 30.7 Å². The molecule has 0 fully saturated rings. The molecule has 25 heavy (non-hydrogen) atoms. The van der Waals surface area contributed by atoms with Crippen molar-refractivity contribution < 1.29 is 4.39 Å². The number of nitrogens with one attached hydrogen (secondary N) is 1. The molecular formula is C20H20FN3S. The first-order valence-electron chi connectivity index (χ1n) is 8.68. The zero-order valence-electron chi connectivity index (χ0n) is 14.1. The summed E-state index contributed by atoms with van der Waals surface area (Å²) >= 11 is 5.57. The van der Waals surface area contributed by atoms with Crippen LogP contribution in [0.2, 0.25) is 0 Å². The lowest BCUT2D eigenvalue weighted by molar-refractivity contribution is 0.304. The van der Waals surface area contributed by atoms with E-state index in [-0.39, 0.29) is 17.8 Å². The van der Waals surface area contributed by atoms with Gasteiger partial charge in [0.15, 0.2) is 5.11 Å². The van der Waals surface area contributed by atoms with Gasteiger partial charge in [0.1, 0.15) is 5.82 Å². The minimum Gasteiger partial charge on any atom is -0.361 e. The maximum Gasteiger partial charge on any atom is 0.190 e. The van der Waals surface area contributed by atoms with Crippen molar-refractivity contribution in [3.05, 3.63) is 71.0 Å². The molecule has 1 heterocycles. The van der Waals surface area contributed by atoms with E-state index in [4.69, 9.17) is 17.3 Å². The van der Waals surface area contributed by atoms with Crippen molar-refractivity contribution in [2.45, 2.75) is 25.8 Å². The molecule has 1 N–H and O–H groups in total. The summed E-state index contributed by atoms with van der Waals surface area (Å²) in [6.07, 6.45) is 2.04. The highest BCUT2D eigenvalue weighted by Gasteiger charge is 2.42. The molecule has 2 atom stereocenters. The number of halogens is 1. The van der Waals surface area contributed by atoms with Gasteiger partial charge in [0.05, 0.1) is 11.8 Å². The zero-order chi connectivity index (χ0) is 17.4. The average Bonchev–Trinajstić information content (AvgIpc) is 3.03. The minimum atomic E-state index is -0.224. The van der Waals surface area contributed by atoms with Crippen LogP contribution in [0.4, 0.5) is 4.39 Å². The lowest BCUT2D eigenvalue weighted by Gasteiger charge is -2.30. The first-order valence-corrected chi connectivity index (χ1v) is 9.09. The van der Waals surface area contributed by atoms with Gasteiger partial charge in [-0.25, -0.2) is 9.40 Å². The van der Waals surface area contributed by atoms with Crippen molar-refractivity contribution in [2.75, 3.05) is 6.54 Å². The predicted molar refractivity (Wildman–Crippen MR) is 102 cm³/mol. The van der Waals surface area contributed by atoms with Gasteiger partial charge in [-0.15, -0.1) is 0 Å². The predicted octanol–water partition coefficient (Wildman–Crippen LogP) is 4.04. The molecule has 0 aromatic heterocycles. The number of thiocarbonyl (C=S) groups is 1. The monoisotopic (exact) mass is 353 g/mol. The fraction of sp³-hybridized carbons (Fsp3) is 0.300. The van der Waals surface area contributed by atoms with E-state index in [1.807, 2.05) is 24.1 Å². The molecule has 0 spiro atoms. The van der Waals surface area contributed by atoms with Crippen LogP contribution in [-0.4, -0.2) is 22.4 Å². The summed E-state index contributed by atoms with van der Waals surface area (Å²) in [7, 11) is 0. The number of hydrazone groups is 1. The maximum absolute atomic E-state index is 13.4. The standard InChI is InChI=1S/C20H20FN3S/c1-2-22-20(25)24-19(14-7-10-15(21)11-8-14)17-12-9-13-5-3-4-6-16(13)18(17)23-24/h3-8,10-11,17,19H,2,9,12H2,1H3,(H,22,25)/t17-,19-/m1/s1. The molecular weight excluding hydrogens is 333 g/mol. The Labute approximate surface area is 152 Å². The second-order valence-electron chi connectivity index (χ2n) is 6.46. The van der Waals surface area contributed by atoms with Crippen LogP contribution in [-0.2, 0) is 6.42 Å². The van der Waals surface area contributed by atoms with Crippen LogP contribution < -0.4 is 5.32 Å². The number of nitrogens with zero attached hydrogens (tertiary/aromatic N) is 2. The Morgan fingerprint density at radius 3 is 2.76 bits per heavy atom. The van der Waals surface area contributed by atoms with E-state index in [2.05, 4.69) is 29.6 Å². The smallest absolute Gasteiger partial charge is 0.190 e. The largest absolute Gasteiger partial charge is 0.361 e. The van der Waals surface area contributed by atoms with Crippen LogP contribution in [0, 0.1) is 11.7 Å². The van der Waals surface area contributed by atoms with E-state index >= 15 is 0 Å². The van der Waals surface area contributed by atoms with Crippen molar-refractivity contribution >= 4 is 23.0 Å². The molecule has 2 aromatic rings. The van der Waals surface area contributed by atoms with Gasteiger partial charge in [0.2, 0.25) is 0 Å². The van der Waals surface area contributed by atoms with E-state index in [0.29, 0.717) is 5.11 Å². The quantitative estimate of drug-likeness (QED) is 0.826. The van der Waals surface area contributed by atoms with Gasteiger partial charge in [-0.3, -0.25) is 0 Å². The van der Waals surface area contributed by atoms with Crippen LogP contribution in [0.5, 0.6) is 0 Å². The molecule has 0 bridgehead atoms. The van der Waals surface area contributed by atoms with Crippen molar-refractivity contribution in [3.63, 3.8) is 0 Å². The maximum atomic E-state index is 13.4. The summed E-state index contributed by atoms with van der Waals surface area (Å²) < 4.78 is 13.4. The molecule has 2 aromatic carbocycles. The van der Waals surface area contributed by atoms with Crippen molar-refractivity contribution in [1.82, 2.24) is 10.3 Å². The molecule has 0 radical (unpaired) electrons. The Morgan fingerprint density at radius 1 is 1.24 bits per heavy atom. The Kier molecular flexibility index (Phi) is 4.25. The molecule has 2 aliphatic rings. The first-order chi connectivity index (χ1) is 12.2. The molecule has 5 heteroatoms. The van der Waals surface area contributed by atoms with Gasteiger partial charge >= 0.3 is 0 Å². The normalized spacial score (nSPS) is 21.4. The summed E-state index contributed by atoms with van der Waals surface area (Å²) in [5.74, 6) is 0.0367. The highest BCUT2D eigenvalue weighted by Crippen LogP contribution is 2.43. The summed E-state index contributed by atoms with van der Waals surface area (Å²) in [5.41, 5.74) is 4.69. The van der Waals surface area contributed by atoms with Gasteiger partial charge in [0, 0.05) is 18.0 Å². The molecule has 128 valence electrons. The molecule has 0 unspecified atom stereocenters. The third-order valence-electron chi connectivity index (χ3n) is 4.98. The van der Waals surface area contributed by atoms with Crippen LogP contribution in [0.15, 0.2) is 53.6 Å². The molecule has 1 aliphatic carbocycles. The highest BCUT2D eigenvalue weighted by atomic mass is 32.1. The van der Waals surface area contributed by atoms with Crippen molar-refractivity contribution in [3.8, 4) is 0 Å². The molecule has 1 aliphatic heterocycles. The van der Waals surface area contributed by atoms with Crippen molar-refractivity contribution in [1.29, 1.82) is 0 Å². The average molecular weight is 353 g/mol. The molecule has 3 nitrogen and oxygen atoms in total. The van der Waals surface area contributed by atoms with Crippen LogP contribution in [0.3, 0.4) is 0 Å². The summed E-state index contributed by atoms with van der Waals surface area (Å²) in [6.45, 7) is 2.77. The Bertz CT molecular complexity index is 831. The SMILES string of the molecule is CCNC(=S)N1N=C2c3ccccc3CC[C@H]2[C@H]1c1ccc(F)cc1. The Morgan fingerprint density at radius 2 is 2.00 bits per heavy atom. The van der Waals surface area contributed by atoms with Gasteiger partial charge in [-0.1, -0.05) is 36.4 Å². The summed E-state index contributed by atoms with van der Waals surface area (Å²) in [6, 6.07) is 15.2. The van der Waals surface area contributed by atoms with E-state index in [1.54, 1.807) is 0 Å². The number of rotatable bonds is 2. The summed E-state index contributed by atoms with van der Waals surface area (Å²) in [4.78, 5) is 0. The van der Waals surface area contributed by atoms with Gasteiger partial charge in [-0.05, 0) is 55.2 Å². The van der Waals surface area contributed by atoms with Gasteiger partial charge < -0.3 is 5.32 Å². The molecule has 4 rings (SSSR count). The van der Waals surface area contributed by atoms with Crippen molar-refractivity contribution in [2.24, 2.45) is 11.0 Å². The molecule has 0 amide bonds. The fourth-order valence-corrected chi connectivity index (χ4v) is 4.16. The minimum absolute atomic E-state index is 0.00973. The fourth-order valence-electron chi connectivity index (χ4n) is 3.86. The second kappa shape index (κ2) is 6.56. The number of hydrogen-bond donors (Lipinski definition) is 1. The van der Waals surface area contributed by atoms with Gasteiger partial charge in [-0.2, -0.15) is 5.10 Å². The van der Waals surface area contributed by atoms with Crippen LogP contribution >= 0.6 is 12.2 Å². The lowest BCUT2D eigenvalue weighted by atomic mass is 9.77.